The fraction of sp³-hybridized carbons (Fsp3) is 0.259. The number of hydrogen-bond donors (Lipinski definition) is 1. The van der Waals surface area contributed by atoms with Crippen LogP contribution < -0.4 is 10.2 Å². The minimum atomic E-state index is -0.377. The van der Waals surface area contributed by atoms with E-state index in [1.54, 1.807) is 12.1 Å². The fourth-order valence-corrected chi connectivity index (χ4v) is 5.59. The highest BCUT2D eigenvalue weighted by Gasteiger charge is 2.24. The molecular formula is C27H27N5O3S. The summed E-state index contributed by atoms with van der Waals surface area (Å²) < 4.78 is 0.829. The summed E-state index contributed by atoms with van der Waals surface area (Å²) in [5, 5.41) is 15.1. The second kappa shape index (κ2) is 10.8. The largest absolute Gasteiger partial charge is 0.354 e. The molecule has 2 heterocycles. The molecule has 0 radical (unpaired) electrons. The molecule has 1 N–H and O–H groups in total. The van der Waals surface area contributed by atoms with E-state index in [4.69, 9.17) is 0 Å². The lowest BCUT2D eigenvalue weighted by molar-refractivity contribution is -0.384. The van der Waals surface area contributed by atoms with Crippen molar-refractivity contribution in [2.75, 3.05) is 44.2 Å². The van der Waals surface area contributed by atoms with Crippen molar-refractivity contribution in [1.82, 2.24) is 15.2 Å². The summed E-state index contributed by atoms with van der Waals surface area (Å²) >= 11 is 1.49. The van der Waals surface area contributed by atoms with Crippen molar-refractivity contribution < 1.29 is 9.72 Å². The van der Waals surface area contributed by atoms with Gasteiger partial charge in [-0.1, -0.05) is 72.0 Å². The van der Waals surface area contributed by atoms with Gasteiger partial charge in [-0.05, 0) is 17.2 Å². The van der Waals surface area contributed by atoms with Gasteiger partial charge in [0, 0.05) is 51.4 Å². The smallest absolute Gasteiger partial charge is 0.270 e. The highest BCUT2D eigenvalue weighted by molar-refractivity contribution is 7.22. The summed E-state index contributed by atoms with van der Waals surface area (Å²) in [6.45, 7) is 4.75. The first-order valence-corrected chi connectivity index (χ1v) is 12.8. The maximum atomic E-state index is 13.2. The molecule has 1 aliphatic heterocycles. The molecule has 184 valence electrons. The van der Waals surface area contributed by atoms with Gasteiger partial charge >= 0.3 is 0 Å². The predicted octanol–water partition coefficient (Wildman–Crippen LogP) is 4.27. The van der Waals surface area contributed by atoms with Gasteiger partial charge in [-0.15, -0.1) is 0 Å². The lowest BCUT2D eigenvalue weighted by Crippen LogP contribution is -2.48. The van der Waals surface area contributed by atoms with Crippen molar-refractivity contribution in [3.8, 4) is 0 Å². The molecule has 0 bridgehead atoms. The van der Waals surface area contributed by atoms with Gasteiger partial charge in [-0.3, -0.25) is 19.8 Å². The van der Waals surface area contributed by atoms with Gasteiger partial charge in [0.05, 0.1) is 21.1 Å². The Balaban J connectivity index is 1.15. The van der Waals surface area contributed by atoms with Crippen LogP contribution in [0.4, 0.5) is 10.8 Å². The fourth-order valence-electron chi connectivity index (χ4n) is 4.54. The van der Waals surface area contributed by atoms with E-state index in [1.807, 2.05) is 60.7 Å². The molecule has 4 aromatic rings. The molecule has 0 unspecified atom stereocenters. The lowest BCUT2D eigenvalue weighted by atomic mass is 9.90. The zero-order valence-corrected chi connectivity index (χ0v) is 20.6. The standard InChI is InChI=1S/C27H27N5O3S/c33-26(25(20-7-3-1-4-8-20)21-9-5-2-6-10-21)28-13-14-30-15-17-31(18-16-30)27-29-23-12-11-22(32(34)35)19-24(23)36-27/h1-12,19,25H,13-18H2,(H,28,33). The molecule has 1 aliphatic rings. The molecule has 9 heteroatoms. The van der Waals surface area contributed by atoms with E-state index >= 15 is 0 Å². The number of nitro groups is 1. The van der Waals surface area contributed by atoms with E-state index in [0.29, 0.717) is 6.54 Å². The minimum Gasteiger partial charge on any atom is -0.354 e. The van der Waals surface area contributed by atoms with E-state index in [2.05, 4.69) is 20.1 Å². The first kappa shape index (κ1) is 23.9. The van der Waals surface area contributed by atoms with Crippen molar-refractivity contribution in [3.63, 3.8) is 0 Å². The molecule has 0 spiro atoms. The number of amides is 1. The number of fused-ring (bicyclic) bond motifs is 1. The Morgan fingerprint density at radius 1 is 0.972 bits per heavy atom. The van der Waals surface area contributed by atoms with E-state index in [-0.39, 0.29) is 22.4 Å². The van der Waals surface area contributed by atoms with Crippen molar-refractivity contribution in [2.24, 2.45) is 0 Å². The molecular weight excluding hydrogens is 474 g/mol. The Kier molecular flexibility index (Phi) is 7.20. The van der Waals surface area contributed by atoms with Crippen LogP contribution in [0.15, 0.2) is 78.9 Å². The average molecular weight is 502 g/mol. The van der Waals surface area contributed by atoms with Crippen molar-refractivity contribution in [3.05, 3.63) is 100 Å². The molecule has 1 aromatic heterocycles. The Morgan fingerprint density at radius 3 is 2.22 bits per heavy atom. The highest BCUT2D eigenvalue weighted by Crippen LogP contribution is 2.32. The van der Waals surface area contributed by atoms with Gasteiger partial charge in [0.1, 0.15) is 0 Å². The van der Waals surface area contributed by atoms with Gasteiger partial charge in [-0.2, -0.15) is 0 Å². The molecule has 5 rings (SSSR count). The molecule has 0 saturated carbocycles. The number of carbonyl (C=O) groups is 1. The number of anilines is 1. The monoisotopic (exact) mass is 501 g/mol. The summed E-state index contributed by atoms with van der Waals surface area (Å²) in [5.74, 6) is -0.325. The molecule has 36 heavy (non-hydrogen) atoms. The van der Waals surface area contributed by atoms with E-state index < -0.39 is 0 Å². The van der Waals surface area contributed by atoms with Crippen LogP contribution >= 0.6 is 11.3 Å². The zero-order valence-electron chi connectivity index (χ0n) is 19.7. The first-order valence-electron chi connectivity index (χ1n) is 12.0. The Bertz CT molecular complexity index is 1300. The van der Waals surface area contributed by atoms with Crippen LogP contribution in [-0.4, -0.2) is 60.0 Å². The molecule has 1 saturated heterocycles. The van der Waals surface area contributed by atoms with Crippen LogP contribution in [0.3, 0.4) is 0 Å². The topological polar surface area (TPSA) is 91.6 Å². The van der Waals surface area contributed by atoms with Gasteiger partial charge < -0.3 is 10.2 Å². The minimum absolute atomic E-state index is 0.00889. The van der Waals surface area contributed by atoms with Crippen LogP contribution in [0, 0.1) is 10.1 Å². The normalized spacial score (nSPS) is 14.3. The molecule has 8 nitrogen and oxygen atoms in total. The third kappa shape index (κ3) is 5.37. The molecule has 0 atom stereocenters. The van der Waals surface area contributed by atoms with Crippen LogP contribution in [0.2, 0.25) is 0 Å². The number of carbonyl (C=O) groups excluding carboxylic acids is 1. The predicted molar refractivity (Wildman–Crippen MR) is 143 cm³/mol. The van der Waals surface area contributed by atoms with Crippen LogP contribution in [0.25, 0.3) is 10.2 Å². The Labute approximate surface area is 213 Å². The number of aromatic nitrogens is 1. The molecule has 0 aliphatic carbocycles. The summed E-state index contributed by atoms with van der Waals surface area (Å²) in [5.41, 5.74) is 2.84. The molecule has 1 fully saturated rings. The van der Waals surface area contributed by atoms with E-state index in [1.165, 1.54) is 17.4 Å². The van der Waals surface area contributed by atoms with Gasteiger partial charge in [0.2, 0.25) is 5.91 Å². The van der Waals surface area contributed by atoms with Gasteiger partial charge in [0.15, 0.2) is 5.13 Å². The third-order valence-electron chi connectivity index (χ3n) is 6.47. The van der Waals surface area contributed by atoms with Gasteiger partial charge in [0.25, 0.3) is 5.69 Å². The number of nitrogens with zero attached hydrogens (tertiary/aromatic N) is 4. The van der Waals surface area contributed by atoms with E-state index in [0.717, 1.165) is 59.2 Å². The second-order valence-electron chi connectivity index (χ2n) is 8.78. The maximum Gasteiger partial charge on any atom is 0.270 e. The summed E-state index contributed by atoms with van der Waals surface area (Å²) in [6.07, 6.45) is 0. The second-order valence-corrected chi connectivity index (χ2v) is 9.79. The first-order chi connectivity index (χ1) is 17.6. The van der Waals surface area contributed by atoms with Crippen molar-refractivity contribution in [2.45, 2.75) is 5.92 Å². The SMILES string of the molecule is O=C(NCCN1CCN(c2nc3ccc([N+](=O)[O-])cc3s2)CC1)C(c1ccccc1)c1ccccc1. The summed E-state index contributed by atoms with van der Waals surface area (Å²) in [4.78, 5) is 33.1. The highest BCUT2D eigenvalue weighted by atomic mass is 32.1. The van der Waals surface area contributed by atoms with Crippen LogP contribution in [0.1, 0.15) is 17.0 Å². The quantitative estimate of drug-likeness (QED) is 0.286. The van der Waals surface area contributed by atoms with Crippen molar-refractivity contribution in [1.29, 1.82) is 0 Å². The van der Waals surface area contributed by atoms with Crippen LogP contribution in [0.5, 0.6) is 0 Å². The molecule has 3 aromatic carbocycles. The number of rotatable bonds is 8. The number of thiazole rings is 1. The molecule has 1 amide bonds. The van der Waals surface area contributed by atoms with E-state index in [9.17, 15) is 14.9 Å². The number of piperazine rings is 1. The summed E-state index contributed by atoms with van der Waals surface area (Å²) in [7, 11) is 0. The number of non-ortho nitro benzene ring substituents is 1. The van der Waals surface area contributed by atoms with Gasteiger partial charge in [-0.25, -0.2) is 4.98 Å². The maximum absolute atomic E-state index is 13.2. The number of nitro benzene ring substituents is 1. The van der Waals surface area contributed by atoms with Crippen molar-refractivity contribution >= 4 is 38.3 Å². The van der Waals surface area contributed by atoms with Crippen LogP contribution in [-0.2, 0) is 4.79 Å². The lowest BCUT2D eigenvalue weighted by Gasteiger charge is -2.34. The number of nitrogens with one attached hydrogen (secondary N) is 1. The third-order valence-corrected chi connectivity index (χ3v) is 7.55. The average Bonchev–Trinajstić information content (AvgIpc) is 3.34. The number of hydrogen-bond acceptors (Lipinski definition) is 7. The zero-order chi connectivity index (χ0) is 24.9. The number of benzene rings is 3. The Hall–Kier alpha value is -3.82. The summed E-state index contributed by atoms with van der Waals surface area (Å²) in [6, 6.07) is 24.6. The Morgan fingerprint density at radius 2 is 1.61 bits per heavy atom.